The van der Waals surface area contributed by atoms with Crippen LogP contribution in [0.3, 0.4) is 0 Å². The first-order valence-electron chi connectivity index (χ1n) is 12.4. The summed E-state index contributed by atoms with van der Waals surface area (Å²) >= 11 is 1.43. The smallest absolute Gasteiger partial charge is 0.328 e. The number of benzene rings is 2. The Morgan fingerprint density at radius 3 is 2.43 bits per heavy atom. The van der Waals surface area contributed by atoms with Crippen LogP contribution in [-0.4, -0.2) is 53.4 Å². The van der Waals surface area contributed by atoms with Crippen molar-refractivity contribution in [3.8, 4) is 11.8 Å². The van der Waals surface area contributed by atoms with Crippen molar-refractivity contribution in [1.29, 1.82) is 0 Å². The third-order valence-electron chi connectivity index (χ3n) is 6.13. The lowest BCUT2D eigenvalue weighted by Crippen LogP contribution is -2.43. The highest BCUT2D eigenvalue weighted by Gasteiger charge is 2.27. The second-order valence-electron chi connectivity index (χ2n) is 8.72. The Kier molecular flexibility index (Phi) is 9.06. The highest BCUT2D eigenvalue weighted by Crippen LogP contribution is 2.30. The molecule has 1 aromatic heterocycles. The van der Waals surface area contributed by atoms with Gasteiger partial charge in [0.1, 0.15) is 11.7 Å². The maximum atomic E-state index is 12.9. The van der Waals surface area contributed by atoms with Gasteiger partial charge in [0.05, 0.1) is 11.6 Å². The van der Waals surface area contributed by atoms with Crippen LogP contribution in [-0.2, 0) is 20.7 Å². The van der Waals surface area contributed by atoms with Crippen molar-refractivity contribution >= 4 is 29.1 Å². The molecule has 8 heteroatoms. The van der Waals surface area contributed by atoms with Crippen molar-refractivity contribution in [2.75, 3.05) is 19.7 Å². The van der Waals surface area contributed by atoms with Crippen LogP contribution >= 0.6 is 11.3 Å². The summed E-state index contributed by atoms with van der Waals surface area (Å²) < 4.78 is 5.17. The maximum absolute atomic E-state index is 12.9. The molecule has 37 heavy (non-hydrogen) atoms. The lowest BCUT2D eigenvalue weighted by Gasteiger charge is -2.29. The molecule has 1 unspecified atom stereocenters. The number of ether oxygens (including phenoxy) is 1. The van der Waals surface area contributed by atoms with E-state index >= 15 is 0 Å². The molecule has 0 bridgehead atoms. The van der Waals surface area contributed by atoms with Crippen LogP contribution in [0.4, 0.5) is 0 Å². The average molecular weight is 516 g/mol. The molecule has 2 aromatic carbocycles. The van der Waals surface area contributed by atoms with Crippen molar-refractivity contribution in [2.24, 2.45) is 0 Å². The molecule has 0 saturated carbocycles. The monoisotopic (exact) mass is 515 g/mol. The predicted molar refractivity (Wildman–Crippen MR) is 142 cm³/mol. The van der Waals surface area contributed by atoms with E-state index in [2.05, 4.69) is 22.1 Å². The molecular formula is C29H29N3O4S. The third-order valence-corrected chi connectivity index (χ3v) is 7.14. The molecule has 4 rings (SSSR count). The van der Waals surface area contributed by atoms with Crippen LogP contribution in [0.5, 0.6) is 0 Å². The first-order chi connectivity index (χ1) is 18.0. The summed E-state index contributed by atoms with van der Waals surface area (Å²) in [5.74, 6) is 4.77. The van der Waals surface area contributed by atoms with Crippen LogP contribution in [0, 0.1) is 11.8 Å². The topological polar surface area (TPSA) is 88.6 Å². The minimum Gasteiger partial charge on any atom is -0.464 e. The summed E-state index contributed by atoms with van der Waals surface area (Å²) in [6.45, 7) is 3.16. The molecule has 3 aromatic rings. The summed E-state index contributed by atoms with van der Waals surface area (Å²) in [5, 5.41) is 5.38. The minimum atomic E-state index is -0.800. The zero-order chi connectivity index (χ0) is 26.0. The first kappa shape index (κ1) is 26.1. The molecule has 0 radical (unpaired) electrons. The third kappa shape index (κ3) is 7.28. The van der Waals surface area contributed by atoms with Gasteiger partial charge in [-0.05, 0) is 37.5 Å². The van der Waals surface area contributed by atoms with E-state index in [1.807, 2.05) is 60.7 Å². The molecule has 1 atom stereocenters. The highest BCUT2D eigenvalue weighted by molar-refractivity contribution is 7.09. The first-order valence-corrected chi connectivity index (χ1v) is 13.2. The van der Waals surface area contributed by atoms with Gasteiger partial charge in [-0.2, -0.15) is 0 Å². The van der Waals surface area contributed by atoms with E-state index in [1.165, 1.54) is 11.3 Å². The Balaban J connectivity index is 1.33. The molecule has 7 nitrogen and oxygen atoms in total. The lowest BCUT2D eigenvalue weighted by atomic mass is 9.97. The normalized spacial score (nSPS) is 14.2. The van der Waals surface area contributed by atoms with Gasteiger partial charge < -0.3 is 15.0 Å². The SMILES string of the molecule is CCOC(=O)C(Cc1ccccc1)NC(=O)c1csc(C2CCN(C(=O)C#Cc3ccccc3)CC2)n1. The van der Waals surface area contributed by atoms with Gasteiger partial charge in [0.2, 0.25) is 0 Å². The fraction of sp³-hybridized carbons (Fsp3) is 0.310. The summed E-state index contributed by atoms with van der Waals surface area (Å²) in [5.41, 5.74) is 2.03. The van der Waals surface area contributed by atoms with Gasteiger partial charge in [-0.15, -0.1) is 11.3 Å². The number of hydrogen-bond donors (Lipinski definition) is 1. The number of hydrogen-bond acceptors (Lipinski definition) is 6. The predicted octanol–water partition coefficient (Wildman–Crippen LogP) is 3.81. The number of likely N-dealkylation sites (tertiary alicyclic amines) is 1. The van der Waals surface area contributed by atoms with Crippen LogP contribution < -0.4 is 5.32 Å². The second-order valence-corrected chi connectivity index (χ2v) is 9.61. The molecule has 2 heterocycles. The van der Waals surface area contributed by atoms with Gasteiger partial charge in [0.25, 0.3) is 11.8 Å². The lowest BCUT2D eigenvalue weighted by molar-refractivity contribution is -0.145. The fourth-order valence-corrected chi connectivity index (χ4v) is 5.12. The Morgan fingerprint density at radius 2 is 1.76 bits per heavy atom. The summed E-state index contributed by atoms with van der Waals surface area (Å²) in [7, 11) is 0. The second kappa shape index (κ2) is 12.8. The maximum Gasteiger partial charge on any atom is 0.328 e. The minimum absolute atomic E-state index is 0.169. The summed E-state index contributed by atoms with van der Waals surface area (Å²) in [4.78, 5) is 44.2. The van der Waals surface area contributed by atoms with Crippen molar-refractivity contribution in [2.45, 2.75) is 38.1 Å². The molecule has 0 aliphatic carbocycles. The van der Waals surface area contributed by atoms with Crippen molar-refractivity contribution < 1.29 is 19.1 Å². The molecule has 1 aliphatic heterocycles. The highest BCUT2D eigenvalue weighted by atomic mass is 32.1. The number of esters is 1. The number of rotatable bonds is 7. The molecule has 190 valence electrons. The van der Waals surface area contributed by atoms with Gasteiger partial charge in [0, 0.05) is 42.3 Å². The van der Waals surface area contributed by atoms with Gasteiger partial charge in [0.15, 0.2) is 0 Å². The number of aromatic nitrogens is 1. The molecule has 1 aliphatic rings. The number of carbonyl (C=O) groups excluding carboxylic acids is 3. The number of thiazole rings is 1. The Bertz CT molecular complexity index is 1270. The van der Waals surface area contributed by atoms with Crippen LogP contribution in [0.1, 0.15) is 52.3 Å². The van der Waals surface area contributed by atoms with Gasteiger partial charge >= 0.3 is 5.97 Å². The van der Waals surface area contributed by atoms with E-state index < -0.39 is 17.9 Å². The standard InChI is InChI=1S/C29H29N3O4S/c1-2-36-29(35)24(19-22-11-7-4-8-12-22)30-27(34)25-20-37-28(31-25)23-15-17-32(18-16-23)26(33)14-13-21-9-5-3-6-10-21/h3-12,20,23-24H,2,15-19H2,1H3,(H,30,34). The van der Waals surface area contributed by atoms with Crippen LogP contribution in [0.25, 0.3) is 0 Å². The van der Waals surface area contributed by atoms with E-state index in [9.17, 15) is 14.4 Å². The fourth-order valence-electron chi connectivity index (χ4n) is 4.15. The van der Waals surface area contributed by atoms with Gasteiger partial charge in [-0.25, -0.2) is 9.78 Å². The number of carbonyl (C=O) groups is 3. The molecule has 2 amide bonds. The van der Waals surface area contributed by atoms with E-state index in [0.717, 1.165) is 29.0 Å². The zero-order valence-electron chi connectivity index (χ0n) is 20.7. The summed E-state index contributed by atoms with van der Waals surface area (Å²) in [6.07, 6.45) is 1.85. The van der Waals surface area contributed by atoms with Crippen molar-refractivity contribution in [3.63, 3.8) is 0 Å². The molecule has 1 N–H and O–H groups in total. The number of amides is 2. The quantitative estimate of drug-likeness (QED) is 0.382. The molecule has 0 spiro atoms. The van der Waals surface area contributed by atoms with E-state index in [-0.39, 0.29) is 24.1 Å². The number of nitrogens with one attached hydrogen (secondary N) is 1. The summed E-state index contributed by atoms with van der Waals surface area (Å²) in [6, 6.07) is 18.1. The van der Waals surface area contributed by atoms with Crippen molar-refractivity contribution in [3.05, 3.63) is 87.9 Å². The van der Waals surface area contributed by atoms with E-state index in [0.29, 0.717) is 19.5 Å². The average Bonchev–Trinajstić information content (AvgIpc) is 3.43. The number of piperidine rings is 1. The zero-order valence-corrected chi connectivity index (χ0v) is 21.5. The largest absolute Gasteiger partial charge is 0.464 e. The van der Waals surface area contributed by atoms with Crippen LogP contribution in [0.2, 0.25) is 0 Å². The van der Waals surface area contributed by atoms with Gasteiger partial charge in [-0.3, -0.25) is 9.59 Å². The Hall–Kier alpha value is -3.96. The Labute approximate surface area is 220 Å². The van der Waals surface area contributed by atoms with Crippen LogP contribution in [0.15, 0.2) is 66.0 Å². The molecule has 1 saturated heterocycles. The number of nitrogens with zero attached hydrogens (tertiary/aromatic N) is 2. The van der Waals surface area contributed by atoms with Gasteiger partial charge in [-0.1, -0.05) is 54.5 Å². The molecule has 1 fully saturated rings. The van der Waals surface area contributed by atoms with E-state index in [1.54, 1.807) is 17.2 Å². The van der Waals surface area contributed by atoms with Crippen molar-refractivity contribution in [1.82, 2.24) is 15.2 Å². The van der Waals surface area contributed by atoms with E-state index in [4.69, 9.17) is 4.74 Å². The molecular weight excluding hydrogens is 486 g/mol. The Morgan fingerprint density at radius 1 is 1.08 bits per heavy atom.